The fraction of sp³-hybridized carbons (Fsp3) is 0.681. The molecule has 0 radical (unpaired) electrons. The summed E-state index contributed by atoms with van der Waals surface area (Å²) in [4.78, 5) is 24.6. The van der Waals surface area contributed by atoms with Gasteiger partial charge in [0.15, 0.2) is 6.10 Å². The number of ether oxygens (including phenoxy) is 2. The van der Waals surface area contributed by atoms with Gasteiger partial charge in [0, 0.05) is 12.8 Å². The van der Waals surface area contributed by atoms with Gasteiger partial charge in [-0.1, -0.05) is 283 Å². The van der Waals surface area contributed by atoms with Crippen molar-refractivity contribution in [2.45, 2.75) is 290 Å². The summed E-state index contributed by atoms with van der Waals surface area (Å²) in [5.41, 5.74) is 0. The van der Waals surface area contributed by atoms with Crippen LogP contribution in [0.3, 0.4) is 0 Å². The Morgan fingerprint density at radius 3 is 0.878 bits per heavy atom. The number of rotatable bonds is 56. The second-order valence-electron chi connectivity index (χ2n) is 20.4. The van der Waals surface area contributed by atoms with Crippen molar-refractivity contribution in [1.82, 2.24) is 0 Å². The molecule has 0 aliphatic carbocycles. The Morgan fingerprint density at radius 1 is 0.324 bits per heavy atom. The number of carbonyl (C=O) groups is 2. The zero-order valence-electron chi connectivity index (χ0n) is 48.3. The van der Waals surface area contributed by atoms with Gasteiger partial charge in [-0.2, -0.15) is 0 Å². The Morgan fingerprint density at radius 2 is 0.581 bits per heavy atom. The molecule has 0 spiro atoms. The van der Waals surface area contributed by atoms with Crippen molar-refractivity contribution in [3.8, 4) is 0 Å². The minimum Gasteiger partial charge on any atom is -0.462 e. The number of esters is 2. The van der Waals surface area contributed by atoms with E-state index in [-0.39, 0.29) is 25.2 Å². The summed E-state index contributed by atoms with van der Waals surface area (Å²) in [6.07, 6.45) is 93.2. The number of hydrogen-bond acceptors (Lipinski definition) is 5. The molecule has 1 N–H and O–H groups in total. The van der Waals surface area contributed by atoms with Crippen LogP contribution in [-0.4, -0.2) is 36.4 Å². The lowest BCUT2D eigenvalue weighted by Gasteiger charge is -2.15. The van der Waals surface area contributed by atoms with Crippen molar-refractivity contribution in [2.24, 2.45) is 0 Å². The van der Waals surface area contributed by atoms with Crippen LogP contribution in [0.25, 0.3) is 0 Å². The largest absolute Gasteiger partial charge is 0.462 e. The zero-order chi connectivity index (χ0) is 53.4. The molecule has 0 aliphatic rings. The van der Waals surface area contributed by atoms with Crippen LogP contribution in [0, 0.1) is 0 Å². The molecule has 0 saturated heterocycles. The molecule has 74 heavy (non-hydrogen) atoms. The molecule has 5 heteroatoms. The molecule has 0 heterocycles. The monoisotopic (exact) mass is 1020 g/mol. The highest BCUT2D eigenvalue weighted by Crippen LogP contribution is 2.16. The Bertz CT molecular complexity index is 1490. The second kappa shape index (κ2) is 63.6. The molecule has 0 bridgehead atoms. The maximum Gasteiger partial charge on any atom is 0.306 e. The van der Waals surface area contributed by atoms with Gasteiger partial charge >= 0.3 is 11.9 Å². The highest BCUT2D eigenvalue weighted by molar-refractivity contribution is 5.70. The SMILES string of the molecule is CC/C=C\C/C=C\C/C=C\C/C=C\C/C=C\C/C=C\C/C=C\CCCCCCCCCCCCCCCC(=O)OC(CO)COC(=O)CCCCCCCCCCCC/C=C\C/C=C\C/C=C\CCCCCCC. The summed E-state index contributed by atoms with van der Waals surface area (Å²) in [5.74, 6) is -0.595. The zero-order valence-corrected chi connectivity index (χ0v) is 48.3. The highest BCUT2D eigenvalue weighted by atomic mass is 16.6. The summed E-state index contributed by atoms with van der Waals surface area (Å²) in [5, 5.41) is 9.68. The van der Waals surface area contributed by atoms with Crippen molar-refractivity contribution in [2.75, 3.05) is 13.2 Å². The van der Waals surface area contributed by atoms with Crippen molar-refractivity contribution < 1.29 is 24.2 Å². The molecule has 0 aliphatic heterocycles. The smallest absolute Gasteiger partial charge is 0.306 e. The molecule has 5 nitrogen and oxygen atoms in total. The molecule has 0 aromatic carbocycles. The van der Waals surface area contributed by atoms with Gasteiger partial charge in [0.05, 0.1) is 6.61 Å². The first-order chi connectivity index (χ1) is 36.6. The molecule has 1 atom stereocenters. The second-order valence-corrected chi connectivity index (χ2v) is 20.4. The molecule has 0 aromatic heterocycles. The predicted molar refractivity (Wildman–Crippen MR) is 325 cm³/mol. The minimum atomic E-state index is -0.783. The van der Waals surface area contributed by atoms with Gasteiger partial charge in [-0.15, -0.1) is 0 Å². The van der Waals surface area contributed by atoms with E-state index in [1.165, 1.54) is 161 Å². The van der Waals surface area contributed by atoms with E-state index >= 15 is 0 Å². The van der Waals surface area contributed by atoms with Crippen molar-refractivity contribution in [3.63, 3.8) is 0 Å². The van der Waals surface area contributed by atoms with Crippen LogP contribution in [0.4, 0.5) is 0 Å². The maximum atomic E-state index is 12.3. The van der Waals surface area contributed by atoms with E-state index < -0.39 is 6.10 Å². The van der Waals surface area contributed by atoms with E-state index in [9.17, 15) is 14.7 Å². The fourth-order valence-corrected chi connectivity index (χ4v) is 8.60. The molecule has 422 valence electrons. The van der Waals surface area contributed by atoms with E-state index in [4.69, 9.17) is 9.47 Å². The first-order valence-corrected chi connectivity index (χ1v) is 31.1. The number of unbranched alkanes of at least 4 members (excludes halogenated alkanes) is 28. The highest BCUT2D eigenvalue weighted by Gasteiger charge is 2.16. The van der Waals surface area contributed by atoms with E-state index in [1.807, 2.05) is 0 Å². The summed E-state index contributed by atoms with van der Waals surface area (Å²) in [6, 6.07) is 0. The number of allylic oxidation sites excluding steroid dienone is 20. The fourth-order valence-electron chi connectivity index (χ4n) is 8.60. The third-order valence-electron chi connectivity index (χ3n) is 13.2. The lowest BCUT2D eigenvalue weighted by atomic mass is 10.0. The number of aliphatic hydroxyl groups is 1. The molecular formula is C69H116O5. The average molecular weight is 1030 g/mol. The van der Waals surface area contributed by atoms with E-state index in [2.05, 4.69) is 135 Å². The number of aliphatic hydroxyl groups excluding tert-OH is 1. The van der Waals surface area contributed by atoms with Gasteiger partial charge in [0.25, 0.3) is 0 Å². The standard InChI is InChI=1S/C69H116O5/c1-3-5-7-9-11-13-15-17-19-21-23-25-27-29-30-31-32-33-34-35-36-37-38-40-42-44-46-48-50-52-54-56-58-60-62-64-69(72)74-67(65-70)66-73-68(71)63-61-59-57-55-53-51-49-47-45-43-41-39-28-26-24-22-20-18-16-14-12-10-8-6-4-2/h5,7,11,13,16-19,22-25,28-30,32-33,35-36,39,67,70H,3-4,6,8-10,12,14-15,20-21,26-27,31,34,37-38,40-66H2,1-2H3/b7-5-,13-11-,18-16-,19-17-,24-22-,25-23-,30-29-,33-32-,36-35-,39-28-. The Hall–Kier alpha value is -3.70. The number of hydrogen-bond donors (Lipinski definition) is 1. The van der Waals surface area contributed by atoms with E-state index in [0.717, 1.165) is 96.3 Å². The predicted octanol–water partition coefficient (Wildman–Crippen LogP) is 21.4. The molecule has 0 amide bonds. The van der Waals surface area contributed by atoms with Crippen LogP contribution < -0.4 is 0 Å². The Kier molecular flexibility index (Phi) is 60.4. The Labute approximate surface area is 458 Å². The van der Waals surface area contributed by atoms with Gasteiger partial charge < -0.3 is 14.6 Å². The van der Waals surface area contributed by atoms with Crippen LogP contribution in [0.15, 0.2) is 122 Å². The van der Waals surface area contributed by atoms with Crippen molar-refractivity contribution in [3.05, 3.63) is 122 Å². The summed E-state index contributed by atoms with van der Waals surface area (Å²) < 4.78 is 10.7. The van der Waals surface area contributed by atoms with Crippen LogP contribution in [0.5, 0.6) is 0 Å². The first kappa shape index (κ1) is 70.3. The molecular weight excluding hydrogens is 909 g/mol. The Balaban J connectivity index is 3.53. The van der Waals surface area contributed by atoms with E-state index in [1.54, 1.807) is 0 Å². The van der Waals surface area contributed by atoms with Crippen molar-refractivity contribution >= 4 is 11.9 Å². The lowest BCUT2D eigenvalue weighted by Crippen LogP contribution is -2.28. The summed E-state index contributed by atoms with van der Waals surface area (Å²) >= 11 is 0. The van der Waals surface area contributed by atoms with Crippen LogP contribution >= 0.6 is 0 Å². The first-order valence-electron chi connectivity index (χ1n) is 31.1. The molecule has 0 rings (SSSR count). The molecule has 0 fully saturated rings. The average Bonchev–Trinajstić information content (AvgIpc) is 3.40. The van der Waals surface area contributed by atoms with Gasteiger partial charge in [-0.25, -0.2) is 0 Å². The van der Waals surface area contributed by atoms with Crippen molar-refractivity contribution in [1.29, 1.82) is 0 Å². The third-order valence-corrected chi connectivity index (χ3v) is 13.2. The normalized spacial score (nSPS) is 13.1. The summed E-state index contributed by atoms with van der Waals surface area (Å²) in [6.45, 7) is 4.03. The topological polar surface area (TPSA) is 72.8 Å². The van der Waals surface area contributed by atoms with Gasteiger partial charge in [0.1, 0.15) is 6.61 Å². The van der Waals surface area contributed by atoms with Crippen LogP contribution in [0.1, 0.15) is 284 Å². The van der Waals surface area contributed by atoms with Crippen LogP contribution in [-0.2, 0) is 19.1 Å². The third kappa shape index (κ3) is 60.9. The molecule has 0 aromatic rings. The lowest BCUT2D eigenvalue weighted by molar-refractivity contribution is -0.161. The van der Waals surface area contributed by atoms with Crippen LogP contribution in [0.2, 0.25) is 0 Å². The molecule has 1 unspecified atom stereocenters. The molecule has 0 saturated carbocycles. The van der Waals surface area contributed by atoms with Gasteiger partial charge in [-0.05, 0) is 109 Å². The van der Waals surface area contributed by atoms with Gasteiger partial charge in [-0.3, -0.25) is 9.59 Å². The van der Waals surface area contributed by atoms with E-state index in [0.29, 0.717) is 12.8 Å². The maximum absolute atomic E-state index is 12.3. The quantitative estimate of drug-likeness (QED) is 0.0373. The van der Waals surface area contributed by atoms with Gasteiger partial charge in [0.2, 0.25) is 0 Å². The summed E-state index contributed by atoms with van der Waals surface area (Å²) in [7, 11) is 0. The minimum absolute atomic E-state index is 0.0728. The number of carbonyl (C=O) groups excluding carboxylic acids is 2.